The van der Waals surface area contributed by atoms with Gasteiger partial charge < -0.3 is 30.9 Å². The van der Waals surface area contributed by atoms with Gasteiger partial charge in [0.1, 0.15) is 30.1 Å². The first-order chi connectivity index (χ1) is 22.0. The number of likely N-dealkylation sites (N-methyl/N-ethyl adjacent to an activating group) is 1. The first kappa shape index (κ1) is 41.4. The number of nitrogens with two attached hydrogens (primary N) is 1. The minimum Gasteiger partial charge on any atom is -0.460 e. The summed E-state index contributed by atoms with van der Waals surface area (Å²) in [6.45, 7) is 14.5. The van der Waals surface area contributed by atoms with Crippen molar-refractivity contribution in [2.75, 3.05) is 20.3 Å². The Balaban J connectivity index is 3.34. The summed E-state index contributed by atoms with van der Waals surface area (Å²) in [6, 6.07) is 1.08. The fraction of sp³-hybridized carbons (Fsp3) is 0.562. The van der Waals surface area contributed by atoms with E-state index in [1.165, 1.54) is 37.4 Å². The molecule has 0 fully saturated rings. The van der Waals surface area contributed by atoms with Crippen LogP contribution in [0.5, 0.6) is 5.75 Å². The SMILES string of the molecule is C=CCOP(=O)(OCC=C)Oc1ccc(CC(NC(=O)C(CCC(=O)OC(C)(C)C)NC)C(=O)NC(CC(C)C)C(N)=O)cc1CF. The number of primary amides is 1. The molecule has 5 N–H and O–H groups in total. The third kappa shape index (κ3) is 15.7. The van der Waals surface area contributed by atoms with Crippen LogP contribution in [0.25, 0.3) is 0 Å². The van der Waals surface area contributed by atoms with Crippen molar-refractivity contribution in [3.05, 3.63) is 54.6 Å². The Bertz CT molecular complexity index is 1270. The van der Waals surface area contributed by atoms with E-state index in [2.05, 4.69) is 29.1 Å². The monoisotopic (exact) mass is 684 g/mol. The average Bonchev–Trinajstić information content (AvgIpc) is 2.98. The van der Waals surface area contributed by atoms with Gasteiger partial charge in [0.15, 0.2) is 0 Å². The highest BCUT2D eigenvalue weighted by Gasteiger charge is 2.31. The number of rotatable bonds is 22. The number of benzene rings is 1. The number of carbonyl (C=O) groups is 4. The number of amides is 3. The van der Waals surface area contributed by atoms with Crippen LogP contribution in [-0.2, 0) is 50.6 Å². The van der Waals surface area contributed by atoms with E-state index in [0.717, 1.165) is 0 Å². The Hall–Kier alpha value is -3.58. The van der Waals surface area contributed by atoms with Gasteiger partial charge in [-0.2, -0.15) is 0 Å². The number of halogens is 1. The average molecular weight is 685 g/mol. The predicted molar refractivity (Wildman–Crippen MR) is 176 cm³/mol. The molecule has 3 atom stereocenters. The quantitative estimate of drug-likeness (QED) is 0.0796. The molecular weight excluding hydrogens is 634 g/mol. The maximum absolute atomic E-state index is 14.2. The Labute approximate surface area is 276 Å². The van der Waals surface area contributed by atoms with Gasteiger partial charge in [0, 0.05) is 18.4 Å². The number of alkyl halides is 1. The number of carbonyl (C=O) groups excluding carboxylic acids is 4. The molecule has 47 heavy (non-hydrogen) atoms. The third-order valence-corrected chi connectivity index (χ3v) is 7.69. The number of ether oxygens (including phenoxy) is 1. The fourth-order valence-corrected chi connectivity index (χ4v) is 5.40. The molecule has 0 aromatic heterocycles. The molecule has 1 aromatic rings. The zero-order valence-corrected chi connectivity index (χ0v) is 29.0. The maximum atomic E-state index is 14.2. The highest BCUT2D eigenvalue weighted by Crippen LogP contribution is 2.50. The van der Waals surface area contributed by atoms with Crippen molar-refractivity contribution < 1.29 is 46.4 Å². The number of hydrogen-bond acceptors (Lipinski definition) is 10. The highest BCUT2D eigenvalue weighted by molar-refractivity contribution is 7.48. The van der Waals surface area contributed by atoms with Crippen molar-refractivity contribution in [2.45, 2.75) is 90.7 Å². The minimum absolute atomic E-state index is 0.0175. The van der Waals surface area contributed by atoms with Crippen LogP contribution in [0.1, 0.15) is 65.0 Å². The van der Waals surface area contributed by atoms with E-state index in [1.807, 2.05) is 13.8 Å². The van der Waals surface area contributed by atoms with Gasteiger partial charge in [0.05, 0.1) is 19.3 Å². The van der Waals surface area contributed by atoms with Crippen LogP contribution in [0.2, 0.25) is 0 Å². The molecule has 13 nitrogen and oxygen atoms in total. The molecule has 0 radical (unpaired) electrons. The number of nitrogens with one attached hydrogen (secondary N) is 3. The molecule has 3 amide bonds. The molecule has 0 spiro atoms. The fourth-order valence-electron chi connectivity index (χ4n) is 4.22. The molecule has 264 valence electrons. The van der Waals surface area contributed by atoms with E-state index in [9.17, 15) is 28.1 Å². The van der Waals surface area contributed by atoms with Gasteiger partial charge >= 0.3 is 13.8 Å². The smallest absolute Gasteiger partial charge is 0.460 e. The lowest BCUT2D eigenvalue weighted by Crippen LogP contribution is -2.56. The van der Waals surface area contributed by atoms with E-state index in [0.29, 0.717) is 5.56 Å². The standard InChI is InChI=1S/C32H50FN4O9P/c1-9-15-43-47(42,44-16-10-2)46-27-13-11-22(18-23(27)20-33)19-26(31(41)36-25(29(34)39)17-21(3)4)37-30(40)24(35-8)12-14-28(38)45-32(5,6)7/h9-11,13,18,21,24-26,35H,1-2,12,14-17,19-20H2,3-8H3,(H2,34,39)(H,36,41)(H,37,40). The summed E-state index contributed by atoms with van der Waals surface area (Å²) in [7, 11) is -2.65. The molecule has 15 heteroatoms. The lowest BCUT2D eigenvalue weighted by Gasteiger charge is -2.25. The van der Waals surface area contributed by atoms with Crippen LogP contribution in [0, 0.1) is 5.92 Å². The van der Waals surface area contributed by atoms with Crippen molar-refractivity contribution in [1.82, 2.24) is 16.0 Å². The molecule has 1 aromatic carbocycles. The first-order valence-electron chi connectivity index (χ1n) is 15.2. The van der Waals surface area contributed by atoms with Crippen LogP contribution >= 0.6 is 7.82 Å². The summed E-state index contributed by atoms with van der Waals surface area (Å²) >= 11 is 0. The third-order valence-electron chi connectivity index (χ3n) is 6.34. The molecule has 0 heterocycles. The molecular formula is C32H50FN4O9P. The number of hydrogen-bond donors (Lipinski definition) is 4. The van der Waals surface area contributed by atoms with Gasteiger partial charge in [-0.05, 0) is 64.3 Å². The molecule has 0 saturated carbocycles. The summed E-state index contributed by atoms with van der Waals surface area (Å²) in [6.07, 6.45) is 2.80. The normalized spacial score (nSPS) is 13.6. The number of phosphoric ester groups is 1. The van der Waals surface area contributed by atoms with Gasteiger partial charge in [-0.1, -0.05) is 32.1 Å². The molecule has 0 aliphatic heterocycles. The van der Waals surface area contributed by atoms with Gasteiger partial charge in [0.2, 0.25) is 17.7 Å². The van der Waals surface area contributed by atoms with Gasteiger partial charge in [0.25, 0.3) is 0 Å². The van der Waals surface area contributed by atoms with E-state index >= 15 is 0 Å². The van der Waals surface area contributed by atoms with Crippen molar-refractivity contribution in [3.8, 4) is 5.75 Å². The van der Waals surface area contributed by atoms with Gasteiger partial charge in [-0.15, -0.1) is 13.2 Å². The number of phosphoric acid groups is 1. The van der Waals surface area contributed by atoms with E-state index < -0.39 is 61.9 Å². The maximum Gasteiger partial charge on any atom is 0.530 e. The summed E-state index contributed by atoms with van der Waals surface area (Å²) < 4.78 is 48.4. The Kier molecular flexibility index (Phi) is 17.6. The minimum atomic E-state index is -4.18. The summed E-state index contributed by atoms with van der Waals surface area (Å²) in [5, 5.41) is 8.12. The predicted octanol–water partition coefficient (Wildman–Crippen LogP) is 3.80. The lowest BCUT2D eigenvalue weighted by molar-refractivity contribution is -0.155. The van der Waals surface area contributed by atoms with Gasteiger partial charge in [-0.25, -0.2) is 8.96 Å². The summed E-state index contributed by atoms with van der Waals surface area (Å²) in [4.78, 5) is 51.2. The van der Waals surface area contributed by atoms with E-state index in [-0.39, 0.29) is 56.1 Å². The Morgan fingerprint density at radius 2 is 1.57 bits per heavy atom. The molecule has 3 unspecified atom stereocenters. The van der Waals surface area contributed by atoms with Crippen molar-refractivity contribution >= 4 is 31.5 Å². The van der Waals surface area contributed by atoms with Crippen molar-refractivity contribution in [3.63, 3.8) is 0 Å². The van der Waals surface area contributed by atoms with E-state index in [4.69, 9.17) is 24.0 Å². The second-order valence-corrected chi connectivity index (χ2v) is 13.7. The number of esters is 1. The largest absolute Gasteiger partial charge is 0.530 e. The van der Waals surface area contributed by atoms with Crippen LogP contribution in [0.3, 0.4) is 0 Å². The molecule has 0 saturated heterocycles. The molecule has 0 bridgehead atoms. The molecule has 0 aliphatic rings. The van der Waals surface area contributed by atoms with Crippen LogP contribution in [0.15, 0.2) is 43.5 Å². The second-order valence-electron chi connectivity index (χ2n) is 12.1. The van der Waals surface area contributed by atoms with Gasteiger partial charge in [-0.3, -0.25) is 28.2 Å². The second kappa shape index (κ2) is 19.9. The Morgan fingerprint density at radius 3 is 2.06 bits per heavy atom. The zero-order chi connectivity index (χ0) is 35.8. The van der Waals surface area contributed by atoms with Crippen LogP contribution < -0.4 is 26.2 Å². The molecule has 0 aliphatic carbocycles. The van der Waals surface area contributed by atoms with Crippen LogP contribution in [0.4, 0.5) is 4.39 Å². The van der Waals surface area contributed by atoms with E-state index in [1.54, 1.807) is 20.8 Å². The highest BCUT2D eigenvalue weighted by atomic mass is 31.2. The van der Waals surface area contributed by atoms with Crippen molar-refractivity contribution in [1.29, 1.82) is 0 Å². The zero-order valence-electron chi connectivity index (χ0n) is 28.1. The van der Waals surface area contributed by atoms with Crippen LogP contribution in [-0.4, -0.2) is 67.7 Å². The topological polar surface area (TPSA) is 184 Å². The first-order valence-corrected chi connectivity index (χ1v) is 16.7. The lowest BCUT2D eigenvalue weighted by atomic mass is 9.99. The summed E-state index contributed by atoms with van der Waals surface area (Å²) in [5.74, 6) is -2.64. The summed E-state index contributed by atoms with van der Waals surface area (Å²) in [5.41, 5.74) is 5.20. The molecule has 1 rings (SSSR count). The Morgan fingerprint density at radius 1 is 1.00 bits per heavy atom. The van der Waals surface area contributed by atoms with Crippen molar-refractivity contribution in [2.24, 2.45) is 11.7 Å².